The highest BCUT2D eigenvalue weighted by atomic mass is 35.5. The first-order chi connectivity index (χ1) is 9.56. The molecule has 100 valence electrons. The van der Waals surface area contributed by atoms with E-state index in [1.807, 2.05) is 6.07 Å². The van der Waals surface area contributed by atoms with Crippen LogP contribution in [0.3, 0.4) is 0 Å². The molecular formula is C14H9Cl2N3O. The second kappa shape index (κ2) is 4.81. The molecule has 0 radical (unpaired) electrons. The zero-order valence-electron chi connectivity index (χ0n) is 10.2. The Labute approximate surface area is 124 Å². The third kappa shape index (κ3) is 2.13. The first-order valence-corrected chi connectivity index (χ1v) is 6.56. The summed E-state index contributed by atoms with van der Waals surface area (Å²) in [4.78, 5) is 18.7. The molecule has 0 aliphatic rings. The average molecular weight is 306 g/mol. The van der Waals surface area contributed by atoms with Crippen LogP contribution in [-0.2, 0) is 0 Å². The fourth-order valence-electron chi connectivity index (χ4n) is 1.98. The Morgan fingerprint density at radius 1 is 1.20 bits per heavy atom. The van der Waals surface area contributed by atoms with E-state index in [9.17, 15) is 4.79 Å². The number of nitrogens with zero attached hydrogens (tertiary/aromatic N) is 1. The number of benzene rings is 2. The average Bonchev–Trinajstić information content (AvgIpc) is 2.84. The van der Waals surface area contributed by atoms with Crippen molar-refractivity contribution in [1.82, 2.24) is 9.97 Å². The van der Waals surface area contributed by atoms with Crippen LogP contribution in [0.15, 0.2) is 36.4 Å². The lowest BCUT2D eigenvalue weighted by atomic mass is 10.2. The summed E-state index contributed by atoms with van der Waals surface area (Å²) >= 11 is 12.2. The van der Waals surface area contributed by atoms with Crippen molar-refractivity contribution in [3.05, 3.63) is 52.0 Å². The van der Waals surface area contributed by atoms with Crippen molar-refractivity contribution in [1.29, 1.82) is 0 Å². The second-order valence-electron chi connectivity index (χ2n) is 4.28. The molecule has 0 unspecified atom stereocenters. The van der Waals surface area contributed by atoms with E-state index in [1.54, 1.807) is 30.3 Å². The number of rotatable bonds is 2. The van der Waals surface area contributed by atoms with Gasteiger partial charge in [0.05, 0.1) is 21.1 Å². The lowest BCUT2D eigenvalue weighted by Gasteiger charge is -2.01. The van der Waals surface area contributed by atoms with Gasteiger partial charge in [-0.3, -0.25) is 4.79 Å². The van der Waals surface area contributed by atoms with E-state index in [4.69, 9.17) is 28.9 Å². The summed E-state index contributed by atoms with van der Waals surface area (Å²) in [5, 5.41) is 0.894. The van der Waals surface area contributed by atoms with Gasteiger partial charge in [0.25, 0.3) is 0 Å². The zero-order chi connectivity index (χ0) is 14.3. The second-order valence-corrected chi connectivity index (χ2v) is 5.07. The molecule has 20 heavy (non-hydrogen) atoms. The topological polar surface area (TPSA) is 71.8 Å². The van der Waals surface area contributed by atoms with Gasteiger partial charge in [-0.05, 0) is 30.3 Å². The third-order valence-corrected chi connectivity index (χ3v) is 3.79. The molecule has 0 fully saturated rings. The monoisotopic (exact) mass is 305 g/mol. The van der Waals surface area contributed by atoms with Crippen LogP contribution in [0.2, 0.25) is 10.0 Å². The first-order valence-electron chi connectivity index (χ1n) is 5.80. The normalized spacial score (nSPS) is 10.9. The molecule has 4 nitrogen and oxygen atoms in total. The van der Waals surface area contributed by atoms with Crippen molar-refractivity contribution in [2.45, 2.75) is 0 Å². The van der Waals surface area contributed by atoms with Crippen LogP contribution in [0, 0.1) is 0 Å². The van der Waals surface area contributed by atoms with Gasteiger partial charge in [0.1, 0.15) is 5.82 Å². The number of primary amides is 1. The molecule has 0 aliphatic carbocycles. The quantitative estimate of drug-likeness (QED) is 0.758. The molecule has 3 N–H and O–H groups in total. The number of carbonyl (C=O) groups excluding carboxylic acids is 1. The van der Waals surface area contributed by atoms with Crippen molar-refractivity contribution in [3.8, 4) is 11.4 Å². The summed E-state index contributed by atoms with van der Waals surface area (Å²) in [5.74, 6) is 0.109. The summed E-state index contributed by atoms with van der Waals surface area (Å²) in [6.45, 7) is 0. The molecule has 3 aromatic rings. The van der Waals surface area contributed by atoms with Gasteiger partial charge in [0.2, 0.25) is 5.91 Å². The molecule has 3 rings (SSSR count). The lowest BCUT2D eigenvalue weighted by Crippen LogP contribution is -2.10. The minimum Gasteiger partial charge on any atom is -0.366 e. The molecule has 1 amide bonds. The number of hydrogen-bond donors (Lipinski definition) is 2. The number of amides is 1. The van der Waals surface area contributed by atoms with E-state index in [0.717, 1.165) is 5.52 Å². The largest absolute Gasteiger partial charge is 0.366 e. The molecule has 0 saturated heterocycles. The molecule has 0 saturated carbocycles. The SMILES string of the molecule is NC(=O)c1ccc2nc(-c3cccc(Cl)c3Cl)[nH]c2c1. The highest BCUT2D eigenvalue weighted by molar-refractivity contribution is 6.43. The molecule has 0 spiro atoms. The number of aromatic nitrogens is 2. The Balaban J connectivity index is 2.18. The summed E-state index contributed by atoms with van der Waals surface area (Å²) in [6, 6.07) is 10.4. The van der Waals surface area contributed by atoms with Crippen LogP contribution in [-0.4, -0.2) is 15.9 Å². The van der Waals surface area contributed by atoms with Crippen LogP contribution in [0.4, 0.5) is 0 Å². The summed E-state index contributed by atoms with van der Waals surface area (Å²) < 4.78 is 0. The van der Waals surface area contributed by atoms with Gasteiger partial charge in [-0.25, -0.2) is 4.98 Å². The Bertz CT molecular complexity index is 826. The highest BCUT2D eigenvalue weighted by Crippen LogP contribution is 2.32. The smallest absolute Gasteiger partial charge is 0.248 e. The fourth-order valence-corrected chi connectivity index (χ4v) is 2.37. The van der Waals surface area contributed by atoms with Gasteiger partial charge in [-0.15, -0.1) is 0 Å². The molecule has 1 heterocycles. The molecule has 6 heteroatoms. The van der Waals surface area contributed by atoms with Gasteiger partial charge in [0, 0.05) is 11.1 Å². The number of aromatic amines is 1. The van der Waals surface area contributed by atoms with Crippen LogP contribution in [0.5, 0.6) is 0 Å². The molecular weight excluding hydrogens is 297 g/mol. The van der Waals surface area contributed by atoms with E-state index in [0.29, 0.717) is 32.5 Å². The predicted octanol–water partition coefficient (Wildman–Crippen LogP) is 3.64. The number of nitrogens with two attached hydrogens (primary N) is 1. The minimum atomic E-state index is -0.483. The van der Waals surface area contributed by atoms with Gasteiger partial charge < -0.3 is 10.7 Å². The molecule has 0 bridgehead atoms. The predicted molar refractivity (Wildman–Crippen MR) is 80.1 cm³/mol. The minimum absolute atomic E-state index is 0.421. The summed E-state index contributed by atoms with van der Waals surface area (Å²) in [5.41, 5.74) is 7.82. The Morgan fingerprint density at radius 2 is 2.00 bits per heavy atom. The maximum atomic E-state index is 11.2. The maximum Gasteiger partial charge on any atom is 0.248 e. The maximum absolute atomic E-state index is 11.2. The van der Waals surface area contributed by atoms with Crippen molar-refractivity contribution in [3.63, 3.8) is 0 Å². The van der Waals surface area contributed by atoms with Gasteiger partial charge in [0.15, 0.2) is 0 Å². The van der Waals surface area contributed by atoms with Gasteiger partial charge >= 0.3 is 0 Å². The Kier molecular flexibility index (Phi) is 3.12. The molecule has 0 atom stereocenters. The summed E-state index contributed by atoms with van der Waals surface area (Å²) in [6.07, 6.45) is 0. The van der Waals surface area contributed by atoms with Crippen LogP contribution >= 0.6 is 23.2 Å². The number of hydrogen-bond acceptors (Lipinski definition) is 2. The molecule has 1 aromatic heterocycles. The van der Waals surface area contributed by atoms with E-state index in [1.165, 1.54) is 0 Å². The van der Waals surface area contributed by atoms with Gasteiger partial charge in [-0.2, -0.15) is 0 Å². The Morgan fingerprint density at radius 3 is 2.75 bits per heavy atom. The number of imidazole rings is 1. The first kappa shape index (κ1) is 13.0. The van der Waals surface area contributed by atoms with Gasteiger partial charge in [-0.1, -0.05) is 29.3 Å². The van der Waals surface area contributed by atoms with Crippen molar-refractivity contribution >= 4 is 40.1 Å². The number of H-pyrrole nitrogens is 1. The van der Waals surface area contributed by atoms with E-state index in [2.05, 4.69) is 9.97 Å². The van der Waals surface area contributed by atoms with Crippen molar-refractivity contribution in [2.75, 3.05) is 0 Å². The van der Waals surface area contributed by atoms with Crippen molar-refractivity contribution < 1.29 is 4.79 Å². The van der Waals surface area contributed by atoms with Crippen LogP contribution < -0.4 is 5.73 Å². The standard InChI is InChI=1S/C14H9Cl2N3O/c15-9-3-1-2-8(12(9)16)14-18-10-5-4-7(13(17)20)6-11(10)19-14/h1-6H,(H2,17,20)(H,18,19). The van der Waals surface area contributed by atoms with E-state index in [-0.39, 0.29) is 0 Å². The van der Waals surface area contributed by atoms with Crippen LogP contribution in [0.25, 0.3) is 22.4 Å². The fraction of sp³-hybridized carbons (Fsp3) is 0. The third-order valence-electron chi connectivity index (χ3n) is 2.97. The lowest BCUT2D eigenvalue weighted by molar-refractivity contribution is 0.100. The van der Waals surface area contributed by atoms with E-state index < -0.39 is 5.91 Å². The van der Waals surface area contributed by atoms with Crippen molar-refractivity contribution in [2.24, 2.45) is 5.73 Å². The number of halogens is 2. The number of nitrogens with one attached hydrogen (secondary N) is 1. The number of carbonyl (C=O) groups is 1. The highest BCUT2D eigenvalue weighted by Gasteiger charge is 2.12. The van der Waals surface area contributed by atoms with Crippen LogP contribution in [0.1, 0.15) is 10.4 Å². The Hall–Kier alpha value is -2.04. The number of fused-ring (bicyclic) bond motifs is 1. The zero-order valence-corrected chi connectivity index (χ0v) is 11.7. The van der Waals surface area contributed by atoms with E-state index >= 15 is 0 Å². The molecule has 2 aromatic carbocycles. The molecule has 0 aliphatic heterocycles. The summed E-state index contributed by atoms with van der Waals surface area (Å²) in [7, 11) is 0.